The van der Waals surface area contributed by atoms with E-state index < -0.39 is 0 Å². The van der Waals surface area contributed by atoms with Crippen molar-refractivity contribution < 1.29 is 4.79 Å². The highest BCUT2D eigenvalue weighted by molar-refractivity contribution is 7.80. The Morgan fingerprint density at radius 2 is 2.43 bits per heavy atom. The Hall–Kier alpha value is -0.480. The molecule has 1 unspecified atom stereocenters. The van der Waals surface area contributed by atoms with Crippen LogP contribution in [-0.2, 0) is 0 Å². The number of thiophene rings is 1. The Morgan fingerprint density at radius 1 is 1.71 bits per heavy atom. The highest BCUT2D eigenvalue weighted by Crippen LogP contribution is 2.32. The molecule has 4 heteroatoms. The van der Waals surface area contributed by atoms with Gasteiger partial charge in [0.15, 0.2) is 0 Å². The normalized spacial score (nSPS) is 17.9. The Bertz CT molecular complexity index is 344. The Kier molecular flexibility index (Phi) is 2.83. The van der Waals surface area contributed by atoms with Gasteiger partial charge < -0.3 is 5.32 Å². The molecule has 0 aliphatic heterocycles. The number of thiol groups is 1. The van der Waals surface area contributed by atoms with Crippen LogP contribution in [0.1, 0.15) is 29.4 Å². The van der Waals surface area contributed by atoms with Crippen LogP contribution < -0.4 is 5.32 Å². The van der Waals surface area contributed by atoms with E-state index in [1.807, 2.05) is 11.4 Å². The molecule has 0 spiro atoms. The first kappa shape index (κ1) is 10.1. The zero-order valence-corrected chi connectivity index (χ0v) is 9.70. The number of amides is 1. The molecule has 1 aliphatic carbocycles. The van der Waals surface area contributed by atoms with Crippen LogP contribution in [0.4, 0.5) is 0 Å². The summed E-state index contributed by atoms with van der Waals surface area (Å²) in [5.74, 6) is 0.740. The third kappa shape index (κ3) is 2.30. The van der Waals surface area contributed by atoms with Crippen molar-refractivity contribution in [2.45, 2.75) is 30.7 Å². The maximum atomic E-state index is 11.7. The lowest BCUT2D eigenvalue weighted by molar-refractivity contribution is 0.0940. The molecule has 1 N–H and O–H groups in total. The van der Waals surface area contributed by atoms with Crippen molar-refractivity contribution in [3.8, 4) is 0 Å². The molecule has 0 saturated heterocycles. The summed E-state index contributed by atoms with van der Waals surface area (Å²) in [5, 5.41) is 4.88. The van der Waals surface area contributed by atoms with Gasteiger partial charge in [0.2, 0.25) is 0 Å². The molecule has 0 bridgehead atoms. The fourth-order valence-corrected chi connectivity index (χ4v) is 2.49. The quantitative estimate of drug-likeness (QED) is 0.764. The summed E-state index contributed by atoms with van der Waals surface area (Å²) in [4.78, 5) is 13.3. The van der Waals surface area contributed by atoms with E-state index >= 15 is 0 Å². The summed E-state index contributed by atoms with van der Waals surface area (Å²) in [6.45, 7) is 2.07. The minimum Gasteiger partial charge on any atom is -0.349 e. The second kappa shape index (κ2) is 3.95. The molecule has 1 aromatic rings. The van der Waals surface area contributed by atoms with Crippen molar-refractivity contribution in [2.24, 2.45) is 5.92 Å². The largest absolute Gasteiger partial charge is 0.349 e. The highest BCUT2D eigenvalue weighted by atomic mass is 32.1. The molecule has 2 nitrogen and oxygen atoms in total. The van der Waals surface area contributed by atoms with E-state index in [-0.39, 0.29) is 5.91 Å². The molecule has 0 aromatic carbocycles. The number of hydrogen-bond donors (Lipinski definition) is 2. The van der Waals surface area contributed by atoms with Crippen LogP contribution in [0, 0.1) is 5.92 Å². The second-order valence-electron chi connectivity index (χ2n) is 3.77. The van der Waals surface area contributed by atoms with Gasteiger partial charge in [0.1, 0.15) is 0 Å². The zero-order chi connectivity index (χ0) is 10.1. The molecule has 0 radical (unpaired) electrons. The monoisotopic (exact) mass is 227 g/mol. The van der Waals surface area contributed by atoms with Crippen molar-refractivity contribution in [1.82, 2.24) is 5.32 Å². The number of hydrogen-bond acceptors (Lipinski definition) is 3. The molecule has 1 amide bonds. The van der Waals surface area contributed by atoms with Crippen LogP contribution in [-0.4, -0.2) is 11.9 Å². The molecule has 1 aromatic heterocycles. The predicted molar refractivity (Wildman–Crippen MR) is 61.2 cm³/mol. The lowest BCUT2D eigenvalue weighted by Crippen LogP contribution is -2.33. The first-order valence-electron chi connectivity index (χ1n) is 4.75. The molecule has 1 aliphatic rings. The summed E-state index contributed by atoms with van der Waals surface area (Å²) in [5.41, 5.74) is 0. The number of nitrogens with one attached hydrogen (secondary N) is 1. The SMILES string of the molecule is CC(NC(=O)c1cc(S)cs1)C1CC1. The maximum Gasteiger partial charge on any atom is 0.261 e. The van der Waals surface area contributed by atoms with Crippen molar-refractivity contribution in [3.05, 3.63) is 16.3 Å². The van der Waals surface area contributed by atoms with Gasteiger partial charge in [0.25, 0.3) is 5.91 Å². The molecule has 1 fully saturated rings. The molecule has 76 valence electrons. The summed E-state index contributed by atoms with van der Waals surface area (Å²) in [6.07, 6.45) is 2.51. The Labute approximate surface area is 93.1 Å². The first-order valence-corrected chi connectivity index (χ1v) is 6.08. The van der Waals surface area contributed by atoms with Gasteiger partial charge in [0, 0.05) is 16.3 Å². The van der Waals surface area contributed by atoms with Crippen LogP contribution in [0.3, 0.4) is 0 Å². The van der Waals surface area contributed by atoms with Crippen LogP contribution in [0.15, 0.2) is 16.3 Å². The summed E-state index contributed by atoms with van der Waals surface area (Å²) < 4.78 is 0. The average molecular weight is 227 g/mol. The predicted octanol–water partition coefficient (Wildman–Crippen LogP) is 2.57. The minimum absolute atomic E-state index is 0.0368. The highest BCUT2D eigenvalue weighted by Gasteiger charge is 2.29. The number of carbonyl (C=O) groups is 1. The smallest absolute Gasteiger partial charge is 0.261 e. The van der Waals surface area contributed by atoms with E-state index in [1.54, 1.807) is 0 Å². The second-order valence-corrected chi connectivity index (χ2v) is 5.20. The van der Waals surface area contributed by atoms with Crippen LogP contribution >= 0.6 is 24.0 Å². The molecule has 1 saturated carbocycles. The molecule has 1 heterocycles. The number of rotatable bonds is 3. The lowest BCUT2D eigenvalue weighted by Gasteiger charge is -2.11. The minimum atomic E-state index is 0.0368. The summed E-state index contributed by atoms with van der Waals surface area (Å²) in [7, 11) is 0. The first-order chi connectivity index (χ1) is 6.66. The van der Waals surface area contributed by atoms with Gasteiger partial charge in [-0.05, 0) is 31.7 Å². The van der Waals surface area contributed by atoms with Crippen LogP contribution in [0.2, 0.25) is 0 Å². The third-order valence-corrected chi connectivity index (χ3v) is 3.86. The van der Waals surface area contributed by atoms with Gasteiger partial charge in [0.05, 0.1) is 4.88 Å². The standard InChI is InChI=1S/C10H13NOS2/c1-6(7-2-3-7)11-10(12)9-4-8(13)5-14-9/h4-7,13H,2-3H2,1H3,(H,11,12). The molecular weight excluding hydrogens is 214 g/mol. The van der Waals surface area contributed by atoms with Crippen LogP contribution in [0.25, 0.3) is 0 Å². The van der Waals surface area contributed by atoms with Crippen molar-refractivity contribution >= 4 is 29.9 Å². The fraction of sp³-hybridized carbons (Fsp3) is 0.500. The average Bonchev–Trinajstić information content (AvgIpc) is 2.89. The van der Waals surface area contributed by atoms with Crippen LogP contribution in [0.5, 0.6) is 0 Å². The van der Waals surface area contributed by atoms with Gasteiger partial charge in [-0.3, -0.25) is 4.79 Å². The van der Waals surface area contributed by atoms with E-state index in [0.29, 0.717) is 12.0 Å². The van der Waals surface area contributed by atoms with Gasteiger partial charge in [-0.2, -0.15) is 0 Å². The fourth-order valence-electron chi connectivity index (χ4n) is 1.44. The van der Waals surface area contributed by atoms with Gasteiger partial charge in [-0.15, -0.1) is 24.0 Å². The van der Waals surface area contributed by atoms with Crippen molar-refractivity contribution in [3.63, 3.8) is 0 Å². The summed E-state index contributed by atoms with van der Waals surface area (Å²) in [6, 6.07) is 2.12. The van der Waals surface area contributed by atoms with E-state index in [0.717, 1.165) is 9.77 Å². The van der Waals surface area contributed by atoms with Gasteiger partial charge in [-0.1, -0.05) is 0 Å². The Morgan fingerprint density at radius 3 is 2.93 bits per heavy atom. The lowest BCUT2D eigenvalue weighted by atomic mass is 10.2. The zero-order valence-electron chi connectivity index (χ0n) is 7.99. The van der Waals surface area contributed by atoms with E-state index in [9.17, 15) is 4.79 Å². The molecule has 2 rings (SSSR count). The summed E-state index contributed by atoms with van der Waals surface area (Å²) >= 11 is 5.62. The molecular formula is C10H13NOS2. The van der Waals surface area contributed by atoms with Crippen molar-refractivity contribution in [1.29, 1.82) is 0 Å². The third-order valence-electron chi connectivity index (χ3n) is 2.50. The molecule has 14 heavy (non-hydrogen) atoms. The van der Waals surface area contributed by atoms with Crippen molar-refractivity contribution in [2.75, 3.05) is 0 Å². The topological polar surface area (TPSA) is 29.1 Å². The van der Waals surface area contributed by atoms with E-state index in [1.165, 1.54) is 24.2 Å². The maximum absolute atomic E-state index is 11.7. The van der Waals surface area contributed by atoms with E-state index in [2.05, 4.69) is 24.9 Å². The Balaban J connectivity index is 1.94. The van der Waals surface area contributed by atoms with Gasteiger partial charge in [-0.25, -0.2) is 0 Å². The number of carbonyl (C=O) groups excluding carboxylic acids is 1. The van der Waals surface area contributed by atoms with E-state index in [4.69, 9.17) is 0 Å². The van der Waals surface area contributed by atoms with Gasteiger partial charge >= 0.3 is 0 Å². The molecule has 1 atom stereocenters.